The number of imide groups is 1. The number of aromatic nitrogens is 2. The number of methoxy groups -OCH3 is 1. The van der Waals surface area contributed by atoms with E-state index in [9.17, 15) is 9.59 Å². The Kier molecular flexibility index (Phi) is 6.04. The number of hydrogen-bond acceptors (Lipinski definition) is 5. The van der Waals surface area contributed by atoms with Gasteiger partial charge in [-0.2, -0.15) is 0 Å². The van der Waals surface area contributed by atoms with Crippen molar-refractivity contribution >= 4 is 34.5 Å². The number of nitrogens with zero attached hydrogens (tertiary/aromatic N) is 2. The van der Waals surface area contributed by atoms with Gasteiger partial charge < -0.3 is 9.30 Å². The minimum absolute atomic E-state index is 0.0763. The molecule has 0 radical (unpaired) electrons. The van der Waals surface area contributed by atoms with E-state index in [0.29, 0.717) is 16.5 Å². The van der Waals surface area contributed by atoms with Crippen LogP contribution in [0.5, 0.6) is 5.75 Å². The molecule has 0 spiro atoms. The Labute approximate surface area is 184 Å². The average Bonchev–Trinajstić information content (AvgIpc) is 3.23. The molecule has 1 N–H and O–H groups in total. The first kappa shape index (κ1) is 20.7. The number of benzene rings is 2. The van der Waals surface area contributed by atoms with Crippen LogP contribution in [0.25, 0.3) is 22.0 Å². The molecule has 4 rings (SSSR count). The number of carbonyl (C=O) groups excluding carboxylic acids is 2. The second kappa shape index (κ2) is 9.06. The highest BCUT2D eigenvalue weighted by molar-refractivity contribution is 7.99. The fraction of sp³-hybridized carbons (Fsp3) is 0.125. The van der Waals surface area contributed by atoms with Crippen LogP contribution < -0.4 is 10.1 Å². The van der Waals surface area contributed by atoms with Gasteiger partial charge in [-0.25, -0.2) is 4.98 Å². The van der Waals surface area contributed by atoms with Gasteiger partial charge in [0.25, 0.3) is 5.91 Å². The summed E-state index contributed by atoms with van der Waals surface area (Å²) < 4.78 is 7.01. The van der Waals surface area contributed by atoms with E-state index in [0.717, 1.165) is 22.0 Å². The molecule has 6 nitrogen and oxygen atoms in total. The Morgan fingerprint density at radius 3 is 2.58 bits per heavy atom. The van der Waals surface area contributed by atoms with E-state index in [-0.39, 0.29) is 11.7 Å². The summed E-state index contributed by atoms with van der Waals surface area (Å²) in [5.41, 5.74) is 3.30. The van der Waals surface area contributed by atoms with Crippen LogP contribution in [0.2, 0.25) is 0 Å². The van der Waals surface area contributed by atoms with Crippen molar-refractivity contribution < 1.29 is 14.3 Å². The third kappa shape index (κ3) is 4.62. The van der Waals surface area contributed by atoms with Crippen LogP contribution in [-0.2, 0) is 11.8 Å². The molecule has 0 bridgehead atoms. The fourth-order valence-corrected chi connectivity index (χ4v) is 4.02. The van der Waals surface area contributed by atoms with E-state index >= 15 is 0 Å². The Morgan fingerprint density at radius 1 is 1.06 bits per heavy atom. The highest BCUT2D eigenvalue weighted by Crippen LogP contribution is 2.33. The molecule has 0 saturated heterocycles. The van der Waals surface area contributed by atoms with Crippen LogP contribution in [-0.4, -0.2) is 34.2 Å². The lowest BCUT2D eigenvalue weighted by atomic mass is 10.0. The van der Waals surface area contributed by atoms with Crippen molar-refractivity contribution in [1.29, 1.82) is 0 Å². The van der Waals surface area contributed by atoms with Crippen molar-refractivity contribution in [3.8, 4) is 16.9 Å². The van der Waals surface area contributed by atoms with Crippen LogP contribution in [0.4, 0.5) is 0 Å². The Bertz CT molecular complexity index is 1250. The van der Waals surface area contributed by atoms with Crippen molar-refractivity contribution in [3.05, 3.63) is 78.6 Å². The van der Waals surface area contributed by atoms with Crippen LogP contribution in [0.3, 0.4) is 0 Å². The molecule has 0 saturated carbocycles. The summed E-state index contributed by atoms with van der Waals surface area (Å²) >= 11 is 1.29. The number of rotatable bonds is 6. The van der Waals surface area contributed by atoms with E-state index in [1.807, 2.05) is 54.6 Å². The molecular formula is C24H21N3O3S. The maximum atomic E-state index is 12.3. The van der Waals surface area contributed by atoms with E-state index in [4.69, 9.17) is 9.72 Å². The molecule has 2 heterocycles. The Morgan fingerprint density at radius 2 is 1.87 bits per heavy atom. The van der Waals surface area contributed by atoms with Crippen LogP contribution in [0.15, 0.2) is 78.0 Å². The van der Waals surface area contributed by atoms with Gasteiger partial charge in [-0.05, 0) is 41.5 Å². The third-order valence-corrected chi connectivity index (χ3v) is 5.77. The topological polar surface area (TPSA) is 73.2 Å². The summed E-state index contributed by atoms with van der Waals surface area (Å²) in [5, 5.41) is 4.12. The molecule has 2 amide bonds. The van der Waals surface area contributed by atoms with Gasteiger partial charge in [0.2, 0.25) is 5.91 Å². The normalized spacial score (nSPS) is 10.8. The summed E-state index contributed by atoms with van der Waals surface area (Å²) in [7, 11) is 3.37. The van der Waals surface area contributed by atoms with Gasteiger partial charge in [0.05, 0.1) is 23.4 Å². The van der Waals surface area contributed by atoms with Crippen molar-refractivity contribution in [1.82, 2.24) is 14.9 Å². The molecule has 31 heavy (non-hydrogen) atoms. The highest BCUT2D eigenvalue weighted by Gasteiger charge is 2.15. The van der Waals surface area contributed by atoms with E-state index in [1.54, 1.807) is 37.1 Å². The smallest absolute Gasteiger partial charge is 0.274 e. The number of carbonyl (C=O) groups is 2. The van der Waals surface area contributed by atoms with Crippen LogP contribution in [0, 0.1) is 0 Å². The van der Waals surface area contributed by atoms with Crippen molar-refractivity contribution in [2.24, 2.45) is 7.05 Å². The molecule has 0 unspecified atom stereocenters. The first-order chi connectivity index (χ1) is 15.0. The van der Waals surface area contributed by atoms with Gasteiger partial charge in [0.1, 0.15) is 11.4 Å². The fourth-order valence-electron chi connectivity index (χ4n) is 3.30. The number of pyridine rings is 1. The number of amides is 2. The number of ether oxygens (including phenoxy) is 1. The number of thioether (sulfide) groups is 1. The average molecular weight is 432 g/mol. The molecule has 0 fully saturated rings. The Hall–Kier alpha value is -3.58. The first-order valence-electron chi connectivity index (χ1n) is 9.67. The molecule has 0 aliphatic carbocycles. The first-order valence-corrected chi connectivity index (χ1v) is 10.7. The molecular weight excluding hydrogens is 410 g/mol. The maximum Gasteiger partial charge on any atom is 0.274 e. The minimum atomic E-state index is -0.417. The van der Waals surface area contributed by atoms with Gasteiger partial charge in [0, 0.05) is 24.7 Å². The quantitative estimate of drug-likeness (QED) is 0.461. The molecule has 0 aliphatic rings. The van der Waals surface area contributed by atoms with E-state index in [1.165, 1.54) is 11.8 Å². The molecule has 4 aromatic rings. The van der Waals surface area contributed by atoms with Gasteiger partial charge in [-0.1, -0.05) is 42.1 Å². The zero-order valence-electron chi connectivity index (χ0n) is 17.2. The lowest BCUT2D eigenvalue weighted by Crippen LogP contribution is -2.32. The summed E-state index contributed by atoms with van der Waals surface area (Å²) in [5.74, 6) is 0.00343. The largest absolute Gasteiger partial charge is 0.497 e. The Balaban J connectivity index is 1.58. The summed E-state index contributed by atoms with van der Waals surface area (Å²) in [6, 6.07) is 21.2. The summed E-state index contributed by atoms with van der Waals surface area (Å²) in [4.78, 5) is 29.3. The van der Waals surface area contributed by atoms with Gasteiger partial charge in [0.15, 0.2) is 0 Å². The SMILES string of the molecule is COc1ccc2c(-c3ccccc3)cc(SCC(=O)NC(=O)c3cccn3C)nc2c1. The summed E-state index contributed by atoms with van der Waals surface area (Å²) in [6.45, 7) is 0. The van der Waals surface area contributed by atoms with E-state index < -0.39 is 5.91 Å². The predicted octanol–water partition coefficient (Wildman–Crippen LogP) is 4.30. The monoisotopic (exact) mass is 431 g/mol. The standard InChI is InChI=1S/C24H21N3O3S/c1-27-12-6-9-21(27)24(29)26-22(28)15-31-23-14-19(16-7-4-3-5-8-16)18-11-10-17(30-2)13-20(18)25-23/h3-14H,15H2,1-2H3,(H,26,28,29). The lowest BCUT2D eigenvalue weighted by Gasteiger charge is -2.11. The zero-order valence-corrected chi connectivity index (χ0v) is 18.0. The molecule has 2 aromatic heterocycles. The number of hydrogen-bond donors (Lipinski definition) is 1. The molecule has 2 aromatic carbocycles. The maximum absolute atomic E-state index is 12.3. The van der Waals surface area contributed by atoms with Crippen molar-refractivity contribution in [2.75, 3.05) is 12.9 Å². The minimum Gasteiger partial charge on any atom is -0.497 e. The third-order valence-electron chi connectivity index (χ3n) is 4.86. The zero-order chi connectivity index (χ0) is 21.8. The van der Waals surface area contributed by atoms with Gasteiger partial charge in [-0.3, -0.25) is 14.9 Å². The lowest BCUT2D eigenvalue weighted by molar-refractivity contribution is -0.117. The summed E-state index contributed by atoms with van der Waals surface area (Å²) in [6.07, 6.45) is 1.76. The predicted molar refractivity (Wildman–Crippen MR) is 122 cm³/mol. The number of nitrogens with one attached hydrogen (secondary N) is 1. The number of aryl methyl sites for hydroxylation is 1. The second-order valence-electron chi connectivity index (χ2n) is 6.93. The van der Waals surface area contributed by atoms with Gasteiger partial charge in [-0.15, -0.1) is 0 Å². The van der Waals surface area contributed by atoms with Gasteiger partial charge >= 0.3 is 0 Å². The molecule has 156 valence electrons. The van der Waals surface area contributed by atoms with E-state index in [2.05, 4.69) is 5.32 Å². The number of fused-ring (bicyclic) bond motifs is 1. The van der Waals surface area contributed by atoms with Crippen LogP contribution in [0.1, 0.15) is 10.5 Å². The molecule has 7 heteroatoms. The molecule has 0 atom stereocenters. The van der Waals surface area contributed by atoms with Crippen molar-refractivity contribution in [2.45, 2.75) is 5.03 Å². The highest BCUT2D eigenvalue weighted by atomic mass is 32.2. The van der Waals surface area contributed by atoms with Crippen LogP contribution >= 0.6 is 11.8 Å². The van der Waals surface area contributed by atoms with Crippen molar-refractivity contribution in [3.63, 3.8) is 0 Å². The second-order valence-corrected chi connectivity index (χ2v) is 7.92. The molecule has 0 aliphatic heterocycles.